The van der Waals surface area contributed by atoms with Crippen LogP contribution in [0.25, 0.3) is 0 Å². The molecule has 4 nitrogen and oxygen atoms in total. The van der Waals surface area contributed by atoms with E-state index in [2.05, 4.69) is 19.1 Å². The smallest absolute Gasteiger partial charge is 0.305 e. The molecule has 1 N–H and O–H groups in total. The van der Waals surface area contributed by atoms with E-state index in [1.807, 2.05) is 13.8 Å². The molecule has 0 aliphatic carbocycles. The minimum Gasteiger partial charge on any atom is -0.463 e. The van der Waals surface area contributed by atoms with Crippen molar-refractivity contribution in [2.75, 3.05) is 13.2 Å². The van der Waals surface area contributed by atoms with Crippen LogP contribution in [0, 0.1) is 0 Å². The Kier molecular flexibility index (Phi) is 19.2. The summed E-state index contributed by atoms with van der Waals surface area (Å²) in [5.74, 6) is -0.112. The Bertz CT molecular complexity index is 352. The topological polar surface area (TPSA) is 55.8 Å². The summed E-state index contributed by atoms with van der Waals surface area (Å²) >= 11 is 0. The van der Waals surface area contributed by atoms with Crippen LogP contribution in [-0.4, -0.2) is 36.5 Å². The van der Waals surface area contributed by atoms with E-state index >= 15 is 0 Å². The molecule has 0 rings (SSSR count). The van der Waals surface area contributed by atoms with Gasteiger partial charge in [-0.1, -0.05) is 64.0 Å². The van der Waals surface area contributed by atoms with Gasteiger partial charge in [0.1, 0.15) is 6.61 Å². The standard InChI is InChI=1S/C23H44O4/c1-4-5-6-13-16-22(24)17-14-11-9-7-8-10-12-15-18-23(25)27-20-19-26-21(2)3/h11,14,21-22,24H,4-10,12-13,15-20H2,1-3H3/b14-11-/t22-/m1/s1. The van der Waals surface area contributed by atoms with Crippen LogP contribution in [0.2, 0.25) is 0 Å². The second-order valence-corrected chi connectivity index (χ2v) is 7.66. The fourth-order valence-corrected chi connectivity index (χ4v) is 2.87. The minimum absolute atomic E-state index is 0.112. The Morgan fingerprint density at radius 1 is 0.926 bits per heavy atom. The van der Waals surface area contributed by atoms with Crippen LogP contribution >= 0.6 is 0 Å². The molecule has 0 bridgehead atoms. The molecule has 0 aromatic rings. The molecule has 0 unspecified atom stereocenters. The third-order valence-corrected chi connectivity index (χ3v) is 4.51. The van der Waals surface area contributed by atoms with Crippen molar-refractivity contribution in [3.63, 3.8) is 0 Å². The highest BCUT2D eigenvalue weighted by atomic mass is 16.6. The van der Waals surface area contributed by atoms with Gasteiger partial charge in [-0.25, -0.2) is 0 Å². The fraction of sp³-hybridized carbons (Fsp3) is 0.870. The van der Waals surface area contributed by atoms with E-state index in [0.29, 0.717) is 19.6 Å². The van der Waals surface area contributed by atoms with E-state index in [0.717, 1.165) is 44.9 Å². The molecular weight excluding hydrogens is 340 g/mol. The van der Waals surface area contributed by atoms with E-state index in [-0.39, 0.29) is 18.2 Å². The Labute approximate surface area is 167 Å². The summed E-state index contributed by atoms with van der Waals surface area (Å²) in [6, 6.07) is 0. The number of allylic oxidation sites excluding steroid dienone is 1. The molecule has 0 spiro atoms. The van der Waals surface area contributed by atoms with Crippen LogP contribution in [0.1, 0.15) is 104 Å². The molecule has 0 aromatic carbocycles. The quantitative estimate of drug-likeness (QED) is 0.169. The first-order valence-corrected chi connectivity index (χ1v) is 11.2. The molecular formula is C23H44O4. The molecule has 0 saturated heterocycles. The maximum absolute atomic E-state index is 11.5. The number of rotatable bonds is 19. The summed E-state index contributed by atoms with van der Waals surface area (Å²) in [6.07, 6.45) is 18.1. The Hall–Kier alpha value is -0.870. The molecule has 0 aliphatic heterocycles. The predicted octanol–water partition coefficient (Wildman–Crippen LogP) is 5.96. The number of aliphatic hydroxyl groups is 1. The van der Waals surface area contributed by atoms with Crippen LogP contribution in [0.15, 0.2) is 12.2 Å². The van der Waals surface area contributed by atoms with Crippen molar-refractivity contribution in [3.8, 4) is 0 Å². The first kappa shape index (κ1) is 26.1. The Balaban J connectivity index is 3.33. The van der Waals surface area contributed by atoms with Crippen LogP contribution in [0.4, 0.5) is 0 Å². The zero-order valence-electron chi connectivity index (χ0n) is 18.1. The zero-order valence-corrected chi connectivity index (χ0v) is 18.1. The largest absolute Gasteiger partial charge is 0.463 e. The molecule has 1 atom stereocenters. The highest BCUT2D eigenvalue weighted by Crippen LogP contribution is 2.10. The summed E-state index contributed by atoms with van der Waals surface area (Å²) in [5.41, 5.74) is 0. The summed E-state index contributed by atoms with van der Waals surface area (Å²) in [5, 5.41) is 9.89. The van der Waals surface area contributed by atoms with Crippen LogP contribution in [0.3, 0.4) is 0 Å². The average molecular weight is 385 g/mol. The lowest BCUT2D eigenvalue weighted by molar-refractivity contribution is -0.145. The normalized spacial score (nSPS) is 12.8. The molecule has 0 aromatic heterocycles. The summed E-state index contributed by atoms with van der Waals surface area (Å²) < 4.78 is 10.5. The monoisotopic (exact) mass is 384 g/mol. The van der Waals surface area contributed by atoms with Crippen molar-refractivity contribution in [3.05, 3.63) is 12.2 Å². The molecule has 0 fully saturated rings. The van der Waals surface area contributed by atoms with E-state index < -0.39 is 0 Å². The fourth-order valence-electron chi connectivity index (χ4n) is 2.87. The lowest BCUT2D eigenvalue weighted by Crippen LogP contribution is -2.13. The highest BCUT2D eigenvalue weighted by Gasteiger charge is 2.03. The second kappa shape index (κ2) is 19.9. The van der Waals surface area contributed by atoms with Gasteiger partial charge in [-0.3, -0.25) is 4.79 Å². The second-order valence-electron chi connectivity index (χ2n) is 7.66. The van der Waals surface area contributed by atoms with Gasteiger partial charge in [0.25, 0.3) is 0 Å². The maximum Gasteiger partial charge on any atom is 0.305 e. The first-order valence-electron chi connectivity index (χ1n) is 11.2. The molecule has 0 amide bonds. The number of ether oxygens (including phenoxy) is 2. The van der Waals surface area contributed by atoms with Crippen molar-refractivity contribution in [2.24, 2.45) is 0 Å². The number of aliphatic hydroxyl groups excluding tert-OH is 1. The molecule has 0 saturated carbocycles. The molecule has 4 heteroatoms. The number of carbonyl (C=O) groups excluding carboxylic acids is 1. The van der Waals surface area contributed by atoms with Gasteiger partial charge in [0, 0.05) is 6.42 Å². The molecule has 0 aliphatic rings. The van der Waals surface area contributed by atoms with Gasteiger partial charge in [-0.2, -0.15) is 0 Å². The van der Waals surface area contributed by atoms with Crippen molar-refractivity contribution >= 4 is 5.97 Å². The van der Waals surface area contributed by atoms with Gasteiger partial charge < -0.3 is 14.6 Å². The van der Waals surface area contributed by atoms with Crippen molar-refractivity contribution in [1.82, 2.24) is 0 Å². The third-order valence-electron chi connectivity index (χ3n) is 4.51. The van der Waals surface area contributed by atoms with Crippen molar-refractivity contribution in [1.29, 1.82) is 0 Å². The number of unbranched alkanes of at least 4 members (excludes halogenated alkanes) is 8. The van der Waals surface area contributed by atoms with Gasteiger partial charge in [0.15, 0.2) is 0 Å². The van der Waals surface area contributed by atoms with Crippen LogP contribution in [-0.2, 0) is 14.3 Å². The molecule has 0 heterocycles. The predicted molar refractivity (Wildman–Crippen MR) is 113 cm³/mol. The number of esters is 1. The maximum atomic E-state index is 11.5. The molecule has 27 heavy (non-hydrogen) atoms. The third kappa shape index (κ3) is 21.3. The number of hydrogen-bond acceptors (Lipinski definition) is 4. The van der Waals surface area contributed by atoms with Gasteiger partial charge in [-0.05, 0) is 46.0 Å². The van der Waals surface area contributed by atoms with Gasteiger partial charge >= 0.3 is 5.97 Å². The SMILES string of the molecule is CCCCCC[C@@H](O)C/C=C\CCCCCCCC(=O)OCCOC(C)C. The Morgan fingerprint density at radius 3 is 2.37 bits per heavy atom. The lowest BCUT2D eigenvalue weighted by atomic mass is 10.1. The lowest BCUT2D eigenvalue weighted by Gasteiger charge is -2.08. The van der Waals surface area contributed by atoms with E-state index in [1.54, 1.807) is 0 Å². The van der Waals surface area contributed by atoms with Crippen molar-refractivity contribution in [2.45, 2.75) is 116 Å². The highest BCUT2D eigenvalue weighted by molar-refractivity contribution is 5.69. The number of hydrogen-bond donors (Lipinski definition) is 1. The molecule has 160 valence electrons. The van der Waals surface area contributed by atoms with Crippen LogP contribution < -0.4 is 0 Å². The zero-order chi connectivity index (χ0) is 20.2. The van der Waals surface area contributed by atoms with Gasteiger partial charge in [0.2, 0.25) is 0 Å². The van der Waals surface area contributed by atoms with E-state index in [4.69, 9.17) is 9.47 Å². The van der Waals surface area contributed by atoms with Crippen molar-refractivity contribution < 1.29 is 19.4 Å². The number of carbonyl (C=O) groups is 1. The minimum atomic E-state index is -0.171. The Morgan fingerprint density at radius 2 is 1.63 bits per heavy atom. The van der Waals surface area contributed by atoms with Gasteiger partial charge in [-0.15, -0.1) is 0 Å². The summed E-state index contributed by atoms with van der Waals surface area (Å²) in [6.45, 7) is 6.98. The summed E-state index contributed by atoms with van der Waals surface area (Å²) in [7, 11) is 0. The van der Waals surface area contributed by atoms with E-state index in [1.165, 1.54) is 32.1 Å². The first-order chi connectivity index (χ1) is 13.1. The van der Waals surface area contributed by atoms with Gasteiger partial charge in [0.05, 0.1) is 18.8 Å². The molecule has 0 radical (unpaired) electrons. The van der Waals surface area contributed by atoms with Crippen LogP contribution in [0.5, 0.6) is 0 Å². The average Bonchev–Trinajstić information content (AvgIpc) is 2.63. The summed E-state index contributed by atoms with van der Waals surface area (Å²) in [4.78, 5) is 11.5. The van der Waals surface area contributed by atoms with E-state index in [9.17, 15) is 9.90 Å².